The van der Waals surface area contributed by atoms with Gasteiger partial charge in [0.05, 0.1) is 6.61 Å². The highest BCUT2D eigenvalue weighted by molar-refractivity contribution is 14.0. The fourth-order valence-electron chi connectivity index (χ4n) is 3.82. The van der Waals surface area contributed by atoms with Crippen LogP contribution in [0.3, 0.4) is 0 Å². The summed E-state index contributed by atoms with van der Waals surface area (Å²) in [5.41, 5.74) is 1.53. The van der Waals surface area contributed by atoms with E-state index in [1.807, 2.05) is 13.1 Å². The number of hydrogen-bond donors (Lipinski definition) is 2. The number of nitrogens with zero attached hydrogens (tertiary/aromatic N) is 2. The molecule has 26 heavy (non-hydrogen) atoms. The van der Waals surface area contributed by atoms with Crippen LogP contribution < -0.4 is 10.6 Å². The summed E-state index contributed by atoms with van der Waals surface area (Å²) in [5.74, 6) is 1.54. The molecular formula is C20H33IN4O. The van der Waals surface area contributed by atoms with Gasteiger partial charge < -0.3 is 20.3 Å². The van der Waals surface area contributed by atoms with Crippen molar-refractivity contribution < 1.29 is 4.74 Å². The number of halogens is 1. The van der Waals surface area contributed by atoms with Gasteiger partial charge in [-0.25, -0.2) is 0 Å². The van der Waals surface area contributed by atoms with E-state index in [4.69, 9.17) is 4.74 Å². The lowest BCUT2D eigenvalue weighted by Gasteiger charge is -2.28. The van der Waals surface area contributed by atoms with E-state index in [0.717, 1.165) is 38.8 Å². The SMILES string of the molecule is CN=C(NCC(Nc1ccccc1)C(C)C)N1CCC2(CCOC2)C1.I. The van der Waals surface area contributed by atoms with Gasteiger partial charge in [-0.1, -0.05) is 32.0 Å². The number of benzene rings is 1. The van der Waals surface area contributed by atoms with Crippen molar-refractivity contribution in [2.45, 2.75) is 32.7 Å². The van der Waals surface area contributed by atoms with Gasteiger partial charge in [-0.3, -0.25) is 4.99 Å². The second kappa shape index (κ2) is 9.78. The van der Waals surface area contributed by atoms with Crippen molar-refractivity contribution in [3.63, 3.8) is 0 Å². The van der Waals surface area contributed by atoms with Crippen LogP contribution in [0, 0.1) is 11.3 Å². The molecule has 5 nitrogen and oxygen atoms in total. The largest absolute Gasteiger partial charge is 0.381 e. The summed E-state index contributed by atoms with van der Waals surface area (Å²) in [6.07, 6.45) is 2.40. The third-order valence-electron chi connectivity index (χ3n) is 5.55. The number of aliphatic imine (C=N–C) groups is 1. The van der Waals surface area contributed by atoms with Crippen molar-refractivity contribution in [2.75, 3.05) is 45.2 Å². The van der Waals surface area contributed by atoms with Gasteiger partial charge in [0.1, 0.15) is 0 Å². The molecule has 1 spiro atoms. The summed E-state index contributed by atoms with van der Waals surface area (Å²) in [6.45, 7) is 9.32. The lowest BCUT2D eigenvalue weighted by molar-refractivity contribution is 0.156. The average molecular weight is 472 g/mol. The van der Waals surface area contributed by atoms with E-state index in [1.165, 1.54) is 18.5 Å². The molecule has 1 aromatic rings. The Bertz CT molecular complexity index is 572. The highest BCUT2D eigenvalue weighted by Crippen LogP contribution is 2.38. The average Bonchev–Trinajstić information content (AvgIpc) is 3.25. The maximum absolute atomic E-state index is 5.64. The first-order valence-electron chi connectivity index (χ1n) is 9.47. The smallest absolute Gasteiger partial charge is 0.193 e. The highest BCUT2D eigenvalue weighted by atomic mass is 127. The molecule has 0 aliphatic carbocycles. The molecule has 2 aliphatic rings. The molecule has 2 fully saturated rings. The molecule has 0 saturated carbocycles. The van der Waals surface area contributed by atoms with Crippen LogP contribution in [-0.4, -0.2) is 56.8 Å². The number of para-hydroxylation sites is 1. The number of ether oxygens (including phenoxy) is 1. The first-order valence-corrected chi connectivity index (χ1v) is 9.47. The van der Waals surface area contributed by atoms with Crippen LogP contribution in [0.2, 0.25) is 0 Å². The molecule has 2 saturated heterocycles. The summed E-state index contributed by atoms with van der Waals surface area (Å²) in [4.78, 5) is 6.92. The number of likely N-dealkylation sites (tertiary alicyclic amines) is 1. The zero-order chi connectivity index (χ0) is 17.7. The maximum atomic E-state index is 5.64. The van der Waals surface area contributed by atoms with Crippen LogP contribution in [0.5, 0.6) is 0 Å². The minimum Gasteiger partial charge on any atom is -0.381 e. The summed E-state index contributed by atoms with van der Waals surface area (Å²) in [7, 11) is 1.88. The van der Waals surface area contributed by atoms with E-state index in [0.29, 0.717) is 17.4 Å². The first-order chi connectivity index (χ1) is 12.1. The van der Waals surface area contributed by atoms with Gasteiger partial charge >= 0.3 is 0 Å². The Morgan fingerprint density at radius 1 is 1.27 bits per heavy atom. The van der Waals surface area contributed by atoms with Crippen molar-refractivity contribution in [1.29, 1.82) is 0 Å². The molecule has 3 rings (SSSR count). The van der Waals surface area contributed by atoms with E-state index in [1.54, 1.807) is 0 Å². The molecule has 146 valence electrons. The van der Waals surface area contributed by atoms with E-state index in [2.05, 4.69) is 58.6 Å². The molecule has 0 aromatic heterocycles. The zero-order valence-electron chi connectivity index (χ0n) is 16.2. The molecule has 2 N–H and O–H groups in total. The van der Waals surface area contributed by atoms with E-state index in [9.17, 15) is 0 Å². The van der Waals surface area contributed by atoms with E-state index < -0.39 is 0 Å². The Kier molecular flexibility index (Phi) is 8.01. The lowest BCUT2D eigenvalue weighted by Crippen LogP contribution is -2.46. The Hall–Kier alpha value is -1.02. The van der Waals surface area contributed by atoms with Crippen LogP contribution in [0.1, 0.15) is 26.7 Å². The predicted octanol–water partition coefficient (Wildman–Crippen LogP) is 3.43. The van der Waals surface area contributed by atoms with Crippen LogP contribution >= 0.6 is 24.0 Å². The summed E-state index contributed by atoms with van der Waals surface area (Å²) < 4.78 is 5.64. The monoisotopic (exact) mass is 472 g/mol. The van der Waals surface area contributed by atoms with Crippen molar-refractivity contribution in [2.24, 2.45) is 16.3 Å². The second-order valence-electron chi connectivity index (χ2n) is 7.76. The molecule has 0 radical (unpaired) electrons. The Balaban J connectivity index is 0.00000243. The molecule has 0 bridgehead atoms. The highest BCUT2D eigenvalue weighted by Gasteiger charge is 2.42. The van der Waals surface area contributed by atoms with Crippen molar-refractivity contribution in [3.8, 4) is 0 Å². The zero-order valence-corrected chi connectivity index (χ0v) is 18.5. The number of nitrogens with one attached hydrogen (secondary N) is 2. The lowest BCUT2D eigenvalue weighted by atomic mass is 9.87. The van der Waals surface area contributed by atoms with Crippen LogP contribution in [0.25, 0.3) is 0 Å². The fraction of sp³-hybridized carbons (Fsp3) is 0.650. The molecule has 1 aromatic carbocycles. The first kappa shape index (κ1) is 21.3. The maximum Gasteiger partial charge on any atom is 0.193 e. The second-order valence-corrected chi connectivity index (χ2v) is 7.76. The predicted molar refractivity (Wildman–Crippen MR) is 120 cm³/mol. The van der Waals surface area contributed by atoms with Crippen molar-refractivity contribution >= 4 is 35.6 Å². The minimum atomic E-state index is 0. The third-order valence-corrected chi connectivity index (χ3v) is 5.55. The summed E-state index contributed by atoms with van der Waals surface area (Å²) >= 11 is 0. The minimum absolute atomic E-state index is 0. The quantitative estimate of drug-likeness (QED) is 0.392. The van der Waals surface area contributed by atoms with Gasteiger partial charge in [-0.05, 0) is 30.9 Å². The Morgan fingerprint density at radius 2 is 2.04 bits per heavy atom. The number of hydrogen-bond acceptors (Lipinski definition) is 3. The van der Waals surface area contributed by atoms with Crippen molar-refractivity contribution in [3.05, 3.63) is 30.3 Å². The topological polar surface area (TPSA) is 48.9 Å². The molecule has 2 unspecified atom stereocenters. The standard InChI is InChI=1S/C20H32N4O.HI/c1-16(2)18(23-17-7-5-4-6-8-17)13-22-19(21-3)24-11-9-20(14-24)10-12-25-15-20;/h4-8,16,18,23H,9-15H2,1-3H3,(H,21,22);1H. The van der Waals surface area contributed by atoms with Crippen LogP contribution in [0.4, 0.5) is 5.69 Å². The van der Waals surface area contributed by atoms with E-state index in [-0.39, 0.29) is 24.0 Å². The number of anilines is 1. The summed E-state index contributed by atoms with van der Waals surface area (Å²) in [6, 6.07) is 10.8. The van der Waals surface area contributed by atoms with Crippen molar-refractivity contribution in [1.82, 2.24) is 10.2 Å². The number of guanidine groups is 1. The summed E-state index contributed by atoms with van der Waals surface area (Å²) in [5, 5.41) is 7.23. The van der Waals surface area contributed by atoms with Crippen LogP contribution in [0.15, 0.2) is 35.3 Å². The Labute approximate surface area is 175 Å². The number of rotatable bonds is 5. The molecule has 2 atom stereocenters. The normalized spacial score (nSPS) is 24.0. The Morgan fingerprint density at radius 3 is 2.65 bits per heavy atom. The molecular weight excluding hydrogens is 439 g/mol. The molecule has 6 heteroatoms. The molecule has 2 aliphatic heterocycles. The molecule has 2 heterocycles. The van der Waals surface area contributed by atoms with Gasteiger partial charge in [-0.2, -0.15) is 0 Å². The van der Waals surface area contributed by atoms with E-state index >= 15 is 0 Å². The van der Waals surface area contributed by atoms with Gasteiger partial charge in [0.25, 0.3) is 0 Å². The van der Waals surface area contributed by atoms with Gasteiger partial charge in [0.15, 0.2) is 5.96 Å². The fourth-order valence-corrected chi connectivity index (χ4v) is 3.82. The van der Waals surface area contributed by atoms with Gasteiger partial charge in [-0.15, -0.1) is 24.0 Å². The van der Waals surface area contributed by atoms with Gasteiger partial charge in [0, 0.05) is 50.4 Å². The van der Waals surface area contributed by atoms with Gasteiger partial charge in [0.2, 0.25) is 0 Å². The third kappa shape index (κ3) is 5.25. The van der Waals surface area contributed by atoms with Crippen LogP contribution in [-0.2, 0) is 4.74 Å². The molecule has 0 amide bonds.